The Kier molecular flexibility index (Phi) is 8.73. The molecule has 4 nitrogen and oxygen atoms in total. The topological polar surface area (TPSA) is 58.2 Å². The second-order valence-corrected chi connectivity index (χ2v) is 7.33. The van der Waals surface area contributed by atoms with Gasteiger partial charge in [0.05, 0.1) is 12.1 Å². The Morgan fingerprint density at radius 2 is 1.18 bits per heavy atom. The lowest BCUT2D eigenvalue weighted by Gasteiger charge is -2.22. The van der Waals surface area contributed by atoms with E-state index in [9.17, 15) is 9.59 Å². The summed E-state index contributed by atoms with van der Waals surface area (Å²) in [5, 5.41) is 6.03. The summed E-state index contributed by atoms with van der Waals surface area (Å²) in [5.41, 5.74) is 2.06. The molecule has 0 saturated heterocycles. The van der Waals surface area contributed by atoms with Crippen molar-refractivity contribution in [3.8, 4) is 0 Å². The number of benzene rings is 2. The normalized spacial score (nSPS) is 14.0. The molecular weight excluding hydrogens is 348 g/mol. The van der Waals surface area contributed by atoms with E-state index in [1.165, 1.54) is 0 Å². The van der Waals surface area contributed by atoms with Crippen LogP contribution < -0.4 is 10.6 Å². The van der Waals surface area contributed by atoms with Crippen LogP contribution in [0.25, 0.3) is 0 Å². The van der Waals surface area contributed by atoms with Crippen LogP contribution >= 0.6 is 0 Å². The van der Waals surface area contributed by atoms with Crippen LogP contribution in [-0.4, -0.2) is 11.8 Å². The molecule has 28 heavy (non-hydrogen) atoms. The first-order chi connectivity index (χ1) is 13.5. The zero-order valence-electron chi connectivity index (χ0n) is 17.2. The molecule has 2 atom stereocenters. The third-order valence-electron chi connectivity index (χ3n) is 5.05. The molecule has 2 aromatic rings. The monoisotopic (exact) mass is 380 g/mol. The third kappa shape index (κ3) is 6.52. The maximum atomic E-state index is 12.9. The molecule has 2 rings (SSSR count). The van der Waals surface area contributed by atoms with E-state index >= 15 is 0 Å². The number of hydrogen-bond acceptors (Lipinski definition) is 2. The van der Waals surface area contributed by atoms with E-state index in [1.807, 2.05) is 74.5 Å². The van der Waals surface area contributed by atoms with Gasteiger partial charge in [-0.05, 0) is 31.4 Å². The summed E-state index contributed by atoms with van der Waals surface area (Å²) in [4.78, 5) is 25.8. The lowest BCUT2D eigenvalue weighted by Crippen LogP contribution is -2.42. The smallest absolute Gasteiger partial charge is 0.233 e. The molecule has 0 heterocycles. The standard InChI is InChI=1S/C24H32N2O2/c1-4-5-8-17-22(23(27)25-18(2)20-13-9-6-10-14-20)24(28)26-19(3)21-15-11-7-12-16-21/h6-7,9-16,18-19,22H,4-5,8,17H2,1-3H3,(H,25,27)(H,26,28). The number of nitrogens with one attached hydrogen (secondary N) is 2. The van der Waals surface area contributed by atoms with Crippen LogP contribution in [0.15, 0.2) is 60.7 Å². The van der Waals surface area contributed by atoms with Gasteiger partial charge in [0, 0.05) is 0 Å². The van der Waals surface area contributed by atoms with E-state index in [4.69, 9.17) is 0 Å². The Morgan fingerprint density at radius 1 is 0.750 bits per heavy atom. The Hall–Kier alpha value is -2.62. The average molecular weight is 381 g/mol. The Labute approximate surface area is 168 Å². The number of amides is 2. The second-order valence-electron chi connectivity index (χ2n) is 7.33. The van der Waals surface area contributed by atoms with Gasteiger partial charge in [0.15, 0.2) is 0 Å². The van der Waals surface area contributed by atoms with Crippen molar-refractivity contribution in [3.05, 3.63) is 71.8 Å². The lowest BCUT2D eigenvalue weighted by atomic mass is 9.97. The quantitative estimate of drug-likeness (QED) is 0.453. The highest BCUT2D eigenvalue weighted by Gasteiger charge is 2.28. The van der Waals surface area contributed by atoms with Crippen molar-refractivity contribution in [2.45, 2.75) is 58.5 Å². The van der Waals surface area contributed by atoms with Crippen LogP contribution in [0, 0.1) is 5.92 Å². The van der Waals surface area contributed by atoms with Crippen LogP contribution in [0.3, 0.4) is 0 Å². The summed E-state index contributed by atoms with van der Waals surface area (Å²) in [5.74, 6) is -1.08. The fourth-order valence-corrected chi connectivity index (χ4v) is 3.26. The summed E-state index contributed by atoms with van der Waals surface area (Å²) in [6, 6.07) is 19.3. The molecule has 0 aliphatic heterocycles. The summed E-state index contributed by atoms with van der Waals surface area (Å²) < 4.78 is 0. The van der Waals surface area contributed by atoms with Gasteiger partial charge >= 0.3 is 0 Å². The van der Waals surface area contributed by atoms with E-state index < -0.39 is 5.92 Å². The number of carbonyl (C=O) groups excluding carboxylic acids is 2. The van der Waals surface area contributed by atoms with Crippen molar-refractivity contribution in [1.29, 1.82) is 0 Å². The Balaban J connectivity index is 2.04. The number of carbonyl (C=O) groups is 2. The molecule has 0 spiro atoms. The minimum atomic E-state index is -0.677. The molecule has 2 aromatic carbocycles. The predicted octanol–water partition coefficient (Wildman–Crippen LogP) is 4.94. The largest absolute Gasteiger partial charge is 0.349 e. The van der Waals surface area contributed by atoms with Gasteiger partial charge in [-0.15, -0.1) is 0 Å². The van der Waals surface area contributed by atoms with E-state index in [0.29, 0.717) is 6.42 Å². The first kappa shape index (κ1) is 21.7. The van der Waals surface area contributed by atoms with Crippen molar-refractivity contribution < 1.29 is 9.59 Å². The van der Waals surface area contributed by atoms with Gasteiger partial charge in [-0.3, -0.25) is 9.59 Å². The van der Waals surface area contributed by atoms with Gasteiger partial charge in [-0.1, -0.05) is 86.8 Å². The maximum absolute atomic E-state index is 12.9. The highest BCUT2D eigenvalue weighted by Crippen LogP contribution is 2.18. The van der Waals surface area contributed by atoms with Crippen molar-refractivity contribution in [3.63, 3.8) is 0 Å². The van der Waals surface area contributed by atoms with Crippen molar-refractivity contribution in [2.75, 3.05) is 0 Å². The zero-order chi connectivity index (χ0) is 20.4. The lowest BCUT2D eigenvalue weighted by molar-refractivity contribution is -0.136. The molecule has 0 aliphatic carbocycles. The Bertz CT molecular complexity index is 671. The number of unbranched alkanes of at least 4 members (excludes halogenated alkanes) is 2. The van der Waals surface area contributed by atoms with Gasteiger partial charge < -0.3 is 10.6 Å². The maximum Gasteiger partial charge on any atom is 0.233 e. The summed E-state index contributed by atoms with van der Waals surface area (Å²) in [7, 11) is 0. The molecule has 0 radical (unpaired) electrons. The van der Waals surface area contributed by atoms with E-state index in [0.717, 1.165) is 30.4 Å². The third-order valence-corrected chi connectivity index (χ3v) is 5.05. The first-order valence-electron chi connectivity index (χ1n) is 10.2. The van der Waals surface area contributed by atoms with Crippen molar-refractivity contribution in [2.24, 2.45) is 5.92 Å². The molecule has 0 saturated carbocycles. The van der Waals surface area contributed by atoms with Crippen LogP contribution in [0.5, 0.6) is 0 Å². The second kappa shape index (κ2) is 11.3. The van der Waals surface area contributed by atoms with E-state index in [1.54, 1.807) is 0 Å². The first-order valence-corrected chi connectivity index (χ1v) is 10.2. The molecule has 0 aromatic heterocycles. The van der Waals surface area contributed by atoms with Crippen molar-refractivity contribution in [1.82, 2.24) is 10.6 Å². The van der Waals surface area contributed by atoms with Gasteiger partial charge in [-0.25, -0.2) is 0 Å². The minimum Gasteiger partial charge on any atom is -0.349 e. The molecule has 4 heteroatoms. The highest BCUT2D eigenvalue weighted by atomic mass is 16.2. The highest BCUT2D eigenvalue weighted by molar-refractivity contribution is 6.00. The van der Waals surface area contributed by atoms with E-state index in [-0.39, 0.29) is 23.9 Å². The fourth-order valence-electron chi connectivity index (χ4n) is 3.26. The molecule has 150 valence electrons. The molecule has 2 amide bonds. The van der Waals surface area contributed by atoms with E-state index in [2.05, 4.69) is 17.6 Å². The average Bonchev–Trinajstić information content (AvgIpc) is 2.72. The molecular formula is C24H32N2O2. The molecule has 0 fully saturated rings. The molecule has 2 N–H and O–H groups in total. The van der Waals surface area contributed by atoms with Gasteiger partial charge in [0.1, 0.15) is 5.92 Å². The van der Waals surface area contributed by atoms with Gasteiger partial charge in [0.25, 0.3) is 0 Å². The van der Waals surface area contributed by atoms with Gasteiger partial charge in [0.2, 0.25) is 11.8 Å². The van der Waals surface area contributed by atoms with Gasteiger partial charge in [-0.2, -0.15) is 0 Å². The Morgan fingerprint density at radius 3 is 1.57 bits per heavy atom. The molecule has 0 aliphatic rings. The molecule has 2 unspecified atom stereocenters. The predicted molar refractivity (Wildman–Crippen MR) is 114 cm³/mol. The summed E-state index contributed by atoms with van der Waals surface area (Å²) >= 11 is 0. The number of rotatable bonds is 10. The van der Waals surface area contributed by atoms with Crippen molar-refractivity contribution >= 4 is 11.8 Å². The van der Waals surface area contributed by atoms with Crippen LogP contribution in [0.4, 0.5) is 0 Å². The van der Waals surface area contributed by atoms with Crippen LogP contribution in [-0.2, 0) is 9.59 Å². The summed E-state index contributed by atoms with van der Waals surface area (Å²) in [6.07, 6.45) is 3.49. The summed E-state index contributed by atoms with van der Waals surface area (Å²) in [6.45, 7) is 6.01. The van der Waals surface area contributed by atoms with Crippen LogP contribution in [0.1, 0.15) is 69.7 Å². The molecule has 0 bridgehead atoms. The fraction of sp³-hybridized carbons (Fsp3) is 0.417. The number of hydrogen-bond donors (Lipinski definition) is 2. The minimum absolute atomic E-state index is 0.137. The SMILES string of the molecule is CCCCCC(C(=O)NC(C)c1ccccc1)C(=O)NC(C)c1ccccc1. The van der Waals surface area contributed by atoms with Crippen LogP contribution in [0.2, 0.25) is 0 Å². The zero-order valence-corrected chi connectivity index (χ0v) is 17.2.